The normalized spacial score (nSPS) is 12.7. The molecule has 1 atom stereocenters. The van der Waals surface area contributed by atoms with E-state index in [-0.39, 0.29) is 11.9 Å². The third-order valence-electron chi connectivity index (χ3n) is 2.47. The molecule has 2 aromatic rings. The van der Waals surface area contributed by atoms with Crippen LogP contribution in [0.5, 0.6) is 0 Å². The molecule has 0 aliphatic heterocycles. The Balaban J connectivity index is 2.28. The van der Waals surface area contributed by atoms with Crippen molar-refractivity contribution < 1.29 is 4.39 Å². The molecule has 4 heteroatoms. The van der Waals surface area contributed by atoms with Crippen LogP contribution in [0.15, 0.2) is 29.6 Å². The zero-order chi connectivity index (χ0) is 11.5. The van der Waals surface area contributed by atoms with E-state index in [1.165, 1.54) is 12.1 Å². The molecule has 16 heavy (non-hydrogen) atoms. The van der Waals surface area contributed by atoms with Crippen molar-refractivity contribution in [3.63, 3.8) is 0 Å². The van der Waals surface area contributed by atoms with Crippen LogP contribution in [0.25, 0.3) is 11.3 Å². The monoisotopic (exact) mass is 236 g/mol. The van der Waals surface area contributed by atoms with E-state index in [0.717, 1.165) is 16.3 Å². The lowest BCUT2D eigenvalue weighted by atomic mass is 10.2. The van der Waals surface area contributed by atoms with Crippen LogP contribution in [0.2, 0.25) is 0 Å². The molecular formula is C12H13FN2S. The molecule has 0 fully saturated rings. The maximum Gasteiger partial charge on any atom is 0.123 e. The molecule has 0 aliphatic carbocycles. The lowest BCUT2D eigenvalue weighted by Crippen LogP contribution is -2.11. The van der Waals surface area contributed by atoms with Crippen LogP contribution < -0.4 is 5.32 Å². The number of aromatic nitrogens is 1. The number of rotatable bonds is 3. The van der Waals surface area contributed by atoms with Gasteiger partial charge in [-0.2, -0.15) is 0 Å². The molecule has 0 spiro atoms. The molecular weight excluding hydrogens is 223 g/mol. The zero-order valence-corrected chi connectivity index (χ0v) is 10.0. The molecule has 1 aromatic carbocycles. The van der Waals surface area contributed by atoms with Gasteiger partial charge >= 0.3 is 0 Å². The zero-order valence-electron chi connectivity index (χ0n) is 9.20. The summed E-state index contributed by atoms with van der Waals surface area (Å²) in [7, 11) is 1.91. The van der Waals surface area contributed by atoms with Gasteiger partial charge in [0.1, 0.15) is 10.8 Å². The number of hydrogen-bond donors (Lipinski definition) is 1. The number of thiazole rings is 1. The fourth-order valence-electron chi connectivity index (χ4n) is 1.36. The summed E-state index contributed by atoms with van der Waals surface area (Å²) in [5.74, 6) is -0.220. The van der Waals surface area contributed by atoms with Crippen molar-refractivity contribution >= 4 is 11.3 Å². The topological polar surface area (TPSA) is 24.9 Å². The molecule has 0 saturated carbocycles. The highest BCUT2D eigenvalue weighted by molar-refractivity contribution is 7.10. The average molecular weight is 236 g/mol. The number of nitrogens with zero attached hydrogens (tertiary/aromatic N) is 1. The Kier molecular flexibility index (Phi) is 3.31. The molecule has 0 radical (unpaired) electrons. The van der Waals surface area contributed by atoms with E-state index in [4.69, 9.17) is 0 Å². The molecule has 0 aliphatic rings. The van der Waals surface area contributed by atoms with Gasteiger partial charge in [0.15, 0.2) is 0 Å². The number of hydrogen-bond acceptors (Lipinski definition) is 3. The van der Waals surface area contributed by atoms with E-state index >= 15 is 0 Å². The van der Waals surface area contributed by atoms with Gasteiger partial charge < -0.3 is 5.32 Å². The van der Waals surface area contributed by atoms with Crippen molar-refractivity contribution in [3.8, 4) is 11.3 Å². The number of benzene rings is 1. The summed E-state index contributed by atoms with van der Waals surface area (Å²) in [6, 6.07) is 6.65. The van der Waals surface area contributed by atoms with E-state index in [9.17, 15) is 4.39 Å². The smallest absolute Gasteiger partial charge is 0.123 e. The summed E-state index contributed by atoms with van der Waals surface area (Å²) in [4.78, 5) is 4.51. The van der Waals surface area contributed by atoms with Crippen molar-refractivity contribution in [2.45, 2.75) is 13.0 Å². The van der Waals surface area contributed by atoms with Crippen molar-refractivity contribution in [3.05, 3.63) is 40.5 Å². The lowest BCUT2D eigenvalue weighted by molar-refractivity contribution is 0.628. The van der Waals surface area contributed by atoms with Crippen LogP contribution in [-0.2, 0) is 0 Å². The third-order valence-corrected chi connectivity index (χ3v) is 3.49. The van der Waals surface area contributed by atoms with Gasteiger partial charge in [-0.15, -0.1) is 11.3 Å². The van der Waals surface area contributed by atoms with Crippen molar-refractivity contribution in [1.82, 2.24) is 10.3 Å². The van der Waals surface area contributed by atoms with Gasteiger partial charge in [-0.1, -0.05) is 0 Å². The minimum absolute atomic E-state index is 0.220. The first-order chi connectivity index (χ1) is 7.70. The Labute approximate surface area is 98.2 Å². The van der Waals surface area contributed by atoms with Gasteiger partial charge in [0.25, 0.3) is 0 Å². The fraction of sp³-hybridized carbons (Fsp3) is 0.250. The summed E-state index contributed by atoms with van der Waals surface area (Å²) in [5.41, 5.74) is 1.86. The first kappa shape index (κ1) is 11.2. The van der Waals surface area contributed by atoms with Crippen molar-refractivity contribution in [2.24, 2.45) is 0 Å². The highest BCUT2D eigenvalue weighted by Gasteiger charge is 2.09. The minimum atomic E-state index is -0.220. The first-order valence-electron chi connectivity index (χ1n) is 5.09. The predicted molar refractivity (Wildman–Crippen MR) is 65.0 cm³/mol. The highest BCUT2D eigenvalue weighted by Crippen LogP contribution is 2.25. The van der Waals surface area contributed by atoms with Gasteiger partial charge in [-0.25, -0.2) is 9.37 Å². The van der Waals surface area contributed by atoms with Crippen LogP contribution in [-0.4, -0.2) is 12.0 Å². The van der Waals surface area contributed by atoms with Crippen LogP contribution >= 0.6 is 11.3 Å². The SMILES string of the molecule is CNC(C)c1nc(-c2ccc(F)cc2)cs1. The predicted octanol–water partition coefficient (Wildman–Crippen LogP) is 3.23. The molecule has 0 bridgehead atoms. The molecule has 2 nitrogen and oxygen atoms in total. The van der Waals surface area contributed by atoms with E-state index in [2.05, 4.69) is 17.2 Å². The molecule has 0 amide bonds. The fourth-order valence-corrected chi connectivity index (χ4v) is 2.26. The van der Waals surface area contributed by atoms with Crippen molar-refractivity contribution in [2.75, 3.05) is 7.05 Å². The second kappa shape index (κ2) is 4.72. The number of halogens is 1. The summed E-state index contributed by atoms with van der Waals surface area (Å²) in [6.45, 7) is 2.06. The van der Waals surface area contributed by atoms with Gasteiger partial charge in [-0.05, 0) is 38.2 Å². The largest absolute Gasteiger partial charge is 0.311 e. The maximum absolute atomic E-state index is 12.8. The minimum Gasteiger partial charge on any atom is -0.311 e. The van der Waals surface area contributed by atoms with E-state index in [1.54, 1.807) is 23.5 Å². The Morgan fingerprint density at radius 2 is 2.00 bits per heavy atom. The van der Waals surface area contributed by atoms with E-state index in [1.807, 2.05) is 12.4 Å². The molecule has 0 saturated heterocycles. The second-order valence-corrected chi connectivity index (χ2v) is 4.48. The Morgan fingerprint density at radius 1 is 1.31 bits per heavy atom. The van der Waals surface area contributed by atoms with Crippen molar-refractivity contribution in [1.29, 1.82) is 0 Å². The van der Waals surface area contributed by atoms with Gasteiger partial charge in [0.2, 0.25) is 0 Å². The van der Waals surface area contributed by atoms with Crippen LogP contribution in [0.4, 0.5) is 4.39 Å². The molecule has 1 heterocycles. The maximum atomic E-state index is 12.8. The van der Waals surface area contributed by atoms with Gasteiger partial charge in [-0.3, -0.25) is 0 Å². The summed E-state index contributed by atoms with van der Waals surface area (Å²) in [5, 5.41) is 6.18. The second-order valence-electron chi connectivity index (χ2n) is 3.59. The van der Waals surface area contributed by atoms with Crippen LogP contribution in [0, 0.1) is 5.82 Å². The molecule has 1 aromatic heterocycles. The molecule has 1 unspecified atom stereocenters. The standard InChI is InChI=1S/C12H13FN2S/c1-8(14-2)12-15-11(7-16-12)9-3-5-10(13)6-4-9/h3-8,14H,1-2H3. The van der Waals surface area contributed by atoms with E-state index < -0.39 is 0 Å². The van der Waals surface area contributed by atoms with Crippen LogP contribution in [0.3, 0.4) is 0 Å². The lowest BCUT2D eigenvalue weighted by Gasteiger charge is -2.04. The quantitative estimate of drug-likeness (QED) is 0.885. The average Bonchev–Trinajstić information content (AvgIpc) is 2.78. The Morgan fingerprint density at radius 3 is 2.62 bits per heavy atom. The first-order valence-corrected chi connectivity index (χ1v) is 5.97. The van der Waals surface area contributed by atoms with Gasteiger partial charge in [0.05, 0.1) is 11.7 Å². The number of nitrogens with one attached hydrogen (secondary N) is 1. The Bertz CT molecular complexity index is 464. The summed E-state index contributed by atoms with van der Waals surface area (Å²) in [6.07, 6.45) is 0. The third kappa shape index (κ3) is 2.28. The van der Waals surface area contributed by atoms with Crippen LogP contribution in [0.1, 0.15) is 18.0 Å². The summed E-state index contributed by atoms with van der Waals surface area (Å²) < 4.78 is 12.8. The highest BCUT2D eigenvalue weighted by atomic mass is 32.1. The van der Waals surface area contributed by atoms with E-state index in [0.29, 0.717) is 0 Å². The Hall–Kier alpha value is -1.26. The van der Waals surface area contributed by atoms with Gasteiger partial charge in [0, 0.05) is 10.9 Å². The molecule has 84 valence electrons. The summed E-state index contributed by atoms with van der Waals surface area (Å²) >= 11 is 1.61. The molecule has 1 N–H and O–H groups in total. The molecule has 2 rings (SSSR count).